The molecule has 0 aliphatic heterocycles. The minimum Gasteiger partial charge on any atom is -0.465 e. The first-order valence-corrected chi connectivity index (χ1v) is 7.79. The number of methoxy groups -OCH3 is 2. The molecule has 0 bridgehead atoms. The molecule has 0 aromatic heterocycles. The Balaban J connectivity index is 3.35. The van der Waals surface area contributed by atoms with Crippen LogP contribution in [0.1, 0.15) is 64.4 Å². The molecular weight excluding hydrogens is 292 g/mol. The van der Waals surface area contributed by atoms with Gasteiger partial charge in [0.15, 0.2) is 0 Å². The first kappa shape index (κ1) is 18.7. The Labute approximate surface area is 137 Å². The van der Waals surface area contributed by atoms with E-state index in [0.29, 0.717) is 16.7 Å². The van der Waals surface area contributed by atoms with Gasteiger partial charge in [-0.1, -0.05) is 38.8 Å². The molecule has 0 fully saturated rings. The van der Waals surface area contributed by atoms with Gasteiger partial charge in [0.25, 0.3) is 0 Å². The van der Waals surface area contributed by atoms with Crippen molar-refractivity contribution in [2.24, 2.45) is 0 Å². The first-order valence-electron chi connectivity index (χ1n) is 7.79. The smallest absolute Gasteiger partial charge is 0.338 e. The summed E-state index contributed by atoms with van der Waals surface area (Å²) in [6, 6.07) is 3.47. The zero-order valence-electron chi connectivity index (χ0n) is 14.1. The van der Waals surface area contributed by atoms with Crippen LogP contribution in [-0.4, -0.2) is 26.2 Å². The van der Waals surface area contributed by atoms with Crippen molar-refractivity contribution in [1.82, 2.24) is 0 Å². The summed E-state index contributed by atoms with van der Waals surface area (Å²) in [6.45, 7) is 5.69. The van der Waals surface area contributed by atoms with E-state index < -0.39 is 11.9 Å². The van der Waals surface area contributed by atoms with Gasteiger partial charge in [0.2, 0.25) is 0 Å². The number of rotatable bonds is 8. The van der Waals surface area contributed by atoms with Crippen molar-refractivity contribution in [3.05, 3.63) is 46.7 Å². The molecule has 4 heteroatoms. The molecule has 0 aliphatic rings. The molecule has 0 N–H and O–H groups in total. The van der Waals surface area contributed by atoms with Crippen molar-refractivity contribution in [1.29, 1.82) is 0 Å². The fourth-order valence-corrected chi connectivity index (χ4v) is 2.50. The van der Waals surface area contributed by atoms with Gasteiger partial charge in [-0.2, -0.15) is 0 Å². The molecule has 0 saturated heterocycles. The molecule has 1 rings (SSSR count). The van der Waals surface area contributed by atoms with Crippen LogP contribution in [0.2, 0.25) is 0 Å². The standard InChI is InChI=1S/C19H24O4/c1-5-7-8-9-11-14-12-13-16(18(20)22-3)15(10-6-2)17(14)19(21)23-4/h10,12-13H,2,5,7-9,11H2,1,3-4H3. The molecule has 0 spiro atoms. The minimum absolute atomic E-state index is 0.307. The lowest BCUT2D eigenvalue weighted by Gasteiger charge is -2.14. The number of hydrogen-bond acceptors (Lipinski definition) is 4. The molecule has 124 valence electrons. The van der Waals surface area contributed by atoms with Gasteiger partial charge < -0.3 is 9.47 Å². The zero-order chi connectivity index (χ0) is 17.2. The Morgan fingerprint density at radius 3 is 2.39 bits per heavy atom. The topological polar surface area (TPSA) is 52.6 Å². The lowest BCUT2D eigenvalue weighted by molar-refractivity contribution is 0.0598. The van der Waals surface area contributed by atoms with E-state index in [-0.39, 0.29) is 0 Å². The second-order valence-corrected chi connectivity index (χ2v) is 5.20. The molecular formula is C19H24O4. The highest BCUT2D eigenvalue weighted by molar-refractivity contribution is 6.02. The highest BCUT2D eigenvalue weighted by Gasteiger charge is 2.22. The third-order valence-electron chi connectivity index (χ3n) is 3.67. The van der Waals surface area contributed by atoms with Gasteiger partial charge in [-0.25, -0.2) is 9.59 Å². The Bertz CT molecular complexity index is 610. The SMILES string of the molecule is C=C=Cc1c(C(=O)OC)ccc(CCCCCC)c1C(=O)OC. The molecule has 4 nitrogen and oxygen atoms in total. The maximum Gasteiger partial charge on any atom is 0.338 e. The zero-order valence-corrected chi connectivity index (χ0v) is 14.1. The van der Waals surface area contributed by atoms with Crippen molar-refractivity contribution in [3.8, 4) is 0 Å². The molecule has 0 atom stereocenters. The van der Waals surface area contributed by atoms with E-state index in [4.69, 9.17) is 9.47 Å². The molecule has 0 saturated carbocycles. The Morgan fingerprint density at radius 2 is 1.83 bits per heavy atom. The van der Waals surface area contributed by atoms with Crippen molar-refractivity contribution < 1.29 is 19.1 Å². The number of esters is 2. The number of aryl methyl sites for hydroxylation is 1. The highest BCUT2D eigenvalue weighted by Crippen LogP contribution is 2.24. The van der Waals surface area contributed by atoms with Gasteiger partial charge in [0, 0.05) is 5.56 Å². The number of hydrogen-bond donors (Lipinski definition) is 0. The van der Waals surface area contributed by atoms with Gasteiger partial charge >= 0.3 is 11.9 Å². The van der Waals surface area contributed by atoms with Crippen molar-refractivity contribution >= 4 is 18.0 Å². The quantitative estimate of drug-likeness (QED) is 0.410. The van der Waals surface area contributed by atoms with Crippen LogP contribution in [0.3, 0.4) is 0 Å². The number of benzene rings is 1. The molecule has 0 amide bonds. The number of carbonyl (C=O) groups excluding carboxylic acids is 2. The van der Waals surface area contributed by atoms with E-state index in [1.54, 1.807) is 12.1 Å². The van der Waals surface area contributed by atoms with Crippen LogP contribution in [0.25, 0.3) is 6.08 Å². The summed E-state index contributed by atoms with van der Waals surface area (Å²) in [7, 11) is 2.63. The summed E-state index contributed by atoms with van der Waals surface area (Å²) in [5, 5.41) is 0. The van der Waals surface area contributed by atoms with E-state index in [9.17, 15) is 9.59 Å². The maximum absolute atomic E-state index is 12.2. The predicted octanol–water partition coefficient (Wildman–Crippen LogP) is 4.18. The number of unbranched alkanes of at least 4 members (excludes halogenated alkanes) is 3. The highest BCUT2D eigenvalue weighted by atomic mass is 16.5. The average molecular weight is 316 g/mol. The molecule has 0 unspecified atom stereocenters. The molecule has 23 heavy (non-hydrogen) atoms. The van der Waals surface area contributed by atoms with Crippen molar-refractivity contribution in [2.75, 3.05) is 14.2 Å². The van der Waals surface area contributed by atoms with Crippen LogP contribution in [0, 0.1) is 0 Å². The van der Waals surface area contributed by atoms with Gasteiger partial charge in [-0.3, -0.25) is 0 Å². The average Bonchev–Trinajstić information content (AvgIpc) is 2.57. The fraction of sp³-hybridized carbons (Fsp3) is 0.421. The second kappa shape index (κ2) is 9.65. The number of carbonyl (C=O) groups is 2. The summed E-state index contributed by atoms with van der Waals surface area (Å²) < 4.78 is 9.69. The minimum atomic E-state index is -0.505. The predicted molar refractivity (Wildman–Crippen MR) is 90.6 cm³/mol. The van der Waals surface area contributed by atoms with Crippen LogP contribution in [0.5, 0.6) is 0 Å². The van der Waals surface area contributed by atoms with Crippen LogP contribution >= 0.6 is 0 Å². The largest absolute Gasteiger partial charge is 0.465 e. The molecule has 1 aromatic rings. The summed E-state index contributed by atoms with van der Waals surface area (Å²) in [5.74, 6) is -0.975. The Morgan fingerprint density at radius 1 is 1.13 bits per heavy atom. The van der Waals surface area contributed by atoms with E-state index in [2.05, 4.69) is 19.2 Å². The van der Waals surface area contributed by atoms with Crippen LogP contribution < -0.4 is 0 Å². The first-order chi connectivity index (χ1) is 11.1. The second-order valence-electron chi connectivity index (χ2n) is 5.20. The van der Waals surface area contributed by atoms with Crippen LogP contribution in [-0.2, 0) is 15.9 Å². The molecule has 1 aromatic carbocycles. The summed E-state index contributed by atoms with van der Waals surface area (Å²) in [5.41, 5.74) is 4.65. The Kier molecular flexibility index (Phi) is 7.86. The van der Waals surface area contributed by atoms with E-state index in [1.807, 2.05) is 0 Å². The van der Waals surface area contributed by atoms with Gasteiger partial charge in [-0.05, 0) is 30.5 Å². The normalized spacial score (nSPS) is 9.87. The third-order valence-corrected chi connectivity index (χ3v) is 3.67. The van der Waals surface area contributed by atoms with Gasteiger partial charge in [0.05, 0.1) is 25.3 Å². The Hall–Kier alpha value is -2.32. The number of ether oxygens (including phenoxy) is 2. The summed E-state index contributed by atoms with van der Waals surface area (Å²) in [4.78, 5) is 24.2. The summed E-state index contributed by atoms with van der Waals surface area (Å²) in [6.07, 6.45) is 6.66. The maximum atomic E-state index is 12.2. The van der Waals surface area contributed by atoms with Crippen molar-refractivity contribution in [3.63, 3.8) is 0 Å². The van der Waals surface area contributed by atoms with Crippen LogP contribution in [0.4, 0.5) is 0 Å². The van der Waals surface area contributed by atoms with Gasteiger partial charge in [-0.15, -0.1) is 5.73 Å². The fourth-order valence-electron chi connectivity index (χ4n) is 2.50. The molecule has 0 heterocycles. The van der Waals surface area contributed by atoms with Gasteiger partial charge in [0.1, 0.15) is 0 Å². The van der Waals surface area contributed by atoms with E-state index in [0.717, 1.165) is 37.7 Å². The molecule has 0 aliphatic carbocycles. The third kappa shape index (κ3) is 4.83. The van der Waals surface area contributed by atoms with Crippen LogP contribution in [0.15, 0.2) is 24.4 Å². The molecule has 0 radical (unpaired) electrons. The lowest BCUT2D eigenvalue weighted by Crippen LogP contribution is -2.13. The summed E-state index contributed by atoms with van der Waals surface area (Å²) >= 11 is 0. The van der Waals surface area contributed by atoms with E-state index in [1.165, 1.54) is 20.3 Å². The lowest BCUT2D eigenvalue weighted by atomic mass is 9.92. The monoisotopic (exact) mass is 316 g/mol. The van der Waals surface area contributed by atoms with Crippen molar-refractivity contribution in [2.45, 2.75) is 39.0 Å². The van der Waals surface area contributed by atoms with E-state index >= 15 is 0 Å².